The van der Waals surface area contributed by atoms with Crippen molar-refractivity contribution in [2.45, 2.75) is 51.0 Å². The molecule has 2 fully saturated rings. The molecule has 1 aliphatic carbocycles. The van der Waals surface area contributed by atoms with E-state index in [-0.39, 0.29) is 0 Å². The van der Waals surface area contributed by atoms with Gasteiger partial charge in [0.25, 0.3) is 0 Å². The van der Waals surface area contributed by atoms with Crippen molar-refractivity contribution >= 4 is 5.69 Å². The van der Waals surface area contributed by atoms with Crippen LogP contribution in [0, 0.1) is 5.92 Å². The Balaban J connectivity index is 1.41. The molecule has 3 heteroatoms. The second-order valence-corrected chi connectivity index (χ2v) is 6.56. The summed E-state index contributed by atoms with van der Waals surface area (Å²) in [6.45, 7) is 3.29. The molecular formula is C18H28N2O. The molecule has 116 valence electrons. The lowest BCUT2D eigenvalue weighted by atomic mass is 9.78. The number of ether oxygens (including phenoxy) is 1. The number of anilines is 1. The first-order valence-corrected chi connectivity index (χ1v) is 8.55. The van der Waals surface area contributed by atoms with Gasteiger partial charge in [0.2, 0.25) is 0 Å². The molecule has 0 unspecified atom stereocenters. The third kappa shape index (κ3) is 3.91. The Morgan fingerprint density at radius 3 is 2.67 bits per heavy atom. The number of likely N-dealkylation sites (tertiary alicyclic amines) is 1. The van der Waals surface area contributed by atoms with E-state index in [2.05, 4.69) is 4.90 Å². The molecular weight excluding hydrogens is 260 g/mol. The second kappa shape index (κ2) is 7.17. The highest BCUT2D eigenvalue weighted by Gasteiger charge is 2.32. The Morgan fingerprint density at radius 2 is 1.81 bits per heavy atom. The van der Waals surface area contributed by atoms with Crippen LogP contribution in [0.25, 0.3) is 0 Å². The normalized spacial score (nSPS) is 26.3. The van der Waals surface area contributed by atoms with Crippen molar-refractivity contribution in [1.82, 2.24) is 4.90 Å². The fourth-order valence-corrected chi connectivity index (χ4v) is 4.03. The SMILES string of the molecule is Nc1ccc(OCCCN2CCC[C@H]3CCCC[C@H]32)cc1. The molecule has 1 aromatic rings. The van der Waals surface area contributed by atoms with Crippen molar-refractivity contribution in [3.05, 3.63) is 24.3 Å². The molecule has 1 saturated heterocycles. The van der Waals surface area contributed by atoms with Crippen LogP contribution in [0.5, 0.6) is 5.75 Å². The summed E-state index contributed by atoms with van der Waals surface area (Å²) in [6.07, 6.45) is 9.73. The molecule has 3 nitrogen and oxygen atoms in total. The molecule has 1 aliphatic heterocycles. The van der Waals surface area contributed by atoms with E-state index in [0.717, 1.165) is 36.4 Å². The molecule has 1 aromatic carbocycles. The van der Waals surface area contributed by atoms with Crippen molar-refractivity contribution < 1.29 is 4.74 Å². The fourth-order valence-electron chi connectivity index (χ4n) is 4.03. The van der Waals surface area contributed by atoms with Gasteiger partial charge in [0.15, 0.2) is 0 Å². The Bertz CT molecular complexity index is 429. The maximum atomic E-state index is 5.81. The van der Waals surface area contributed by atoms with Gasteiger partial charge in [-0.2, -0.15) is 0 Å². The van der Waals surface area contributed by atoms with Crippen LogP contribution < -0.4 is 10.5 Å². The molecule has 0 aromatic heterocycles. The van der Waals surface area contributed by atoms with Gasteiger partial charge in [-0.1, -0.05) is 12.8 Å². The summed E-state index contributed by atoms with van der Waals surface area (Å²) in [5.41, 5.74) is 6.47. The largest absolute Gasteiger partial charge is 0.494 e. The van der Waals surface area contributed by atoms with Gasteiger partial charge in [-0.25, -0.2) is 0 Å². The molecule has 2 atom stereocenters. The highest BCUT2D eigenvalue weighted by Crippen LogP contribution is 2.35. The molecule has 2 aliphatic rings. The minimum Gasteiger partial charge on any atom is -0.494 e. The molecule has 1 heterocycles. The molecule has 0 spiro atoms. The van der Waals surface area contributed by atoms with Gasteiger partial charge in [0.05, 0.1) is 6.61 Å². The number of nitrogen functional groups attached to an aromatic ring is 1. The zero-order valence-corrected chi connectivity index (χ0v) is 13.0. The molecule has 21 heavy (non-hydrogen) atoms. The number of nitrogens with zero attached hydrogens (tertiary/aromatic N) is 1. The summed E-state index contributed by atoms with van der Waals surface area (Å²) in [5.74, 6) is 1.91. The van der Waals surface area contributed by atoms with E-state index in [1.807, 2.05) is 24.3 Å². The monoisotopic (exact) mass is 288 g/mol. The summed E-state index contributed by atoms with van der Waals surface area (Å²) in [5, 5.41) is 0. The number of benzene rings is 1. The van der Waals surface area contributed by atoms with Gasteiger partial charge >= 0.3 is 0 Å². The highest BCUT2D eigenvalue weighted by atomic mass is 16.5. The van der Waals surface area contributed by atoms with E-state index < -0.39 is 0 Å². The Hall–Kier alpha value is -1.22. The predicted molar refractivity (Wildman–Crippen MR) is 87.5 cm³/mol. The number of nitrogens with two attached hydrogens (primary N) is 1. The minimum absolute atomic E-state index is 0.791. The molecule has 0 amide bonds. The number of fused-ring (bicyclic) bond motifs is 1. The molecule has 2 N–H and O–H groups in total. The fraction of sp³-hybridized carbons (Fsp3) is 0.667. The molecule has 3 rings (SSSR count). The summed E-state index contributed by atoms with van der Waals surface area (Å²) in [4.78, 5) is 2.74. The van der Waals surface area contributed by atoms with Crippen LogP contribution in [0.4, 0.5) is 5.69 Å². The zero-order valence-electron chi connectivity index (χ0n) is 13.0. The average Bonchev–Trinajstić information content (AvgIpc) is 2.53. The quantitative estimate of drug-likeness (QED) is 0.663. The number of piperidine rings is 1. The Labute approximate surface area is 128 Å². The lowest BCUT2D eigenvalue weighted by molar-refractivity contribution is 0.0568. The van der Waals surface area contributed by atoms with E-state index >= 15 is 0 Å². The van der Waals surface area contributed by atoms with E-state index in [9.17, 15) is 0 Å². The molecule has 0 radical (unpaired) electrons. The van der Waals surface area contributed by atoms with Crippen LogP contribution in [-0.2, 0) is 0 Å². The molecule has 0 bridgehead atoms. The summed E-state index contributed by atoms with van der Waals surface area (Å²) in [7, 11) is 0. The number of rotatable bonds is 5. The van der Waals surface area contributed by atoms with Crippen molar-refractivity contribution in [2.75, 3.05) is 25.4 Å². The van der Waals surface area contributed by atoms with Crippen LogP contribution >= 0.6 is 0 Å². The van der Waals surface area contributed by atoms with Crippen LogP contribution in [0.15, 0.2) is 24.3 Å². The van der Waals surface area contributed by atoms with Gasteiger partial charge in [-0.3, -0.25) is 4.90 Å². The average molecular weight is 288 g/mol. The van der Waals surface area contributed by atoms with Gasteiger partial charge < -0.3 is 10.5 Å². The van der Waals surface area contributed by atoms with Gasteiger partial charge in [-0.05, 0) is 68.8 Å². The van der Waals surface area contributed by atoms with Crippen molar-refractivity contribution in [3.8, 4) is 5.75 Å². The third-order valence-electron chi connectivity index (χ3n) is 5.10. The topological polar surface area (TPSA) is 38.5 Å². The maximum Gasteiger partial charge on any atom is 0.119 e. The first-order chi connectivity index (χ1) is 10.3. The predicted octanol–water partition coefficient (Wildman–Crippen LogP) is 3.69. The molecule has 1 saturated carbocycles. The summed E-state index contributed by atoms with van der Waals surface area (Å²) in [6, 6.07) is 8.56. The first-order valence-electron chi connectivity index (χ1n) is 8.55. The van der Waals surface area contributed by atoms with Crippen LogP contribution in [0.3, 0.4) is 0 Å². The number of hydrogen-bond acceptors (Lipinski definition) is 3. The van der Waals surface area contributed by atoms with Crippen molar-refractivity contribution in [3.63, 3.8) is 0 Å². The van der Waals surface area contributed by atoms with E-state index in [0.29, 0.717) is 0 Å². The zero-order chi connectivity index (χ0) is 14.5. The Kier molecular flexibility index (Phi) is 5.02. The second-order valence-electron chi connectivity index (χ2n) is 6.56. The van der Waals surface area contributed by atoms with Gasteiger partial charge in [-0.15, -0.1) is 0 Å². The summed E-state index contributed by atoms with van der Waals surface area (Å²) >= 11 is 0. The van der Waals surface area contributed by atoms with Crippen LogP contribution in [-0.4, -0.2) is 30.6 Å². The highest BCUT2D eigenvalue weighted by molar-refractivity contribution is 5.41. The standard InChI is InChI=1S/C18H28N2O/c19-16-8-10-17(11-9-16)21-14-4-13-20-12-3-6-15-5-1-2-7-18(15)20/h8-11,15,18H,1-7,12-14,19H2/t15-,18-/m1/s1. The Morgan fingerprint density at radius 1 is 1.05 bits per heavy atom. The minimum atomic E-state index is 0.791. The lowest BCUT2D eigenvalue weighted by Crippen LogP contribution is -2.47. The van der Waals surface area contributed by atoms with Crippen molar-refractivity contribution in [2.24, 2.45) is 5.92 Å². The van der Waals surface area contributed by atoms with Crippen LogP contribution in [0.1, 0.15) is 44.9 Å². The van der Waals surface area contributed by atoms with Gasteiger partial charge in [0.1, 0.15) is 5.75 Å². The van der Waals surface area contributed by atoms with Crippen molar-refractivity contribution in [1.29, 1.82) is 0 Å². The van der Waals surface area contributed by atoms with E-state index in [1.165, 1.54) is 51.6 Å². The van der Waals surface area contributed by atoms with E-state index in [4.69, 9.17) is 10.5 Å². The first kappa shape index (κ1) is 14.7. The maximum absolute atomic E-state index is 5.81. The van der Waals surface area contributed by atoms with Gasteiger partial charge in [0, 0.05) is 18.3 Å². The smallest absolute Gasteiger partial charge is 0.119 e. The summed E-state index contributed by atoms with van der Waals surface area (Å²) < 4.78 is 5.81. The van der Waals surface area contributed by atoms with E-state index in [1.54, 1.807) is 0 Å². The number of hydrogen-bond donors (Lipinski definition) is 1. The van der Waals surface area contributed by atoms with Crippen LogP contribution in [0.2, 0.25) is 0 Å². The lowest BCUT2D eigenvalue weighted by Gasteiger charge is -2.44. The third-order valence-corrected chi connectivity index (χ3v) is 5.10.